The SMILES string of the molecule is CCOC(=O)/C=C/c1cc2cc3c(cc2nc1Cl)OCO3. The average Bonchev–Trinajstić information content (AvgIpc) is 2.90. The number of pyridine rings is 1. The fourth-order valence-electron chi connectivity index (χ4n) is 2.02. The Kier molecular flexibility index (Phi) is 3.66. The lowest BCUT2D eigenvalue weighted by molar-refractivity contribution is -0.137. The summed E-state index contributed by atoms with van der Waals surface area (Å²) in [6.07, 6.45) is 2.91. The van der Waals surface area contributed by atoms with Crippen LogP contribution in [0.3, 0.4) is 0 Å². The Bertz CT molecular complexity index is 742. The van der Waals surface area contributed by atoms with E-state index >= 15 is 0 Å². The molecule has 1 aromatic heterocycles. The van der Waals surface area contributed by atoms with Crippen LogP contribution in [-0.2, 0) is 9.53 Å². The van der Waals surface area contributed by atoms with E-state index in [4.69, 9.17) is 25.8 Å². The molecule has 0 aliphatic carbocycles. The monoisotopic (exact) mass is 305 g/mol. The molecule has 1 aliphatic rings. The Labute approximate surface area is 126 Å². The van der Waals surface area contributed by atoms with Crippen molar-refractivity contribution < 1.29 is 19.0 Å². The molecule has 6 heteroatoms. The van der Waals surface area contributed by atoms with Crippen molar-refractivity contribution in [3.63, 3.8) is 0 Å². The highest BCUT2D eigenvalue weighted by Crippen LogP contribution is 2.36. The van der Waals surface area contributed by atoms with E-state index in [1.807, 2.05) is 12.1 Å². The van der Waals surface area contributed by atoms with E-state index in [9.17, 15) is 4.79 Å². The van der Waals surface area contributed by atoms with Gasteiger partial charge in [0.05, 0.1) is 12.1 Å². The highest BCUT2D eigenvalue weighted by atomic mass is 35.5. The van der Waals surface area contributed by atoms with Crippen molar-refractivity contribution in [3.8, 4) is 11.5 Å². The number of benzene rings is 1. The maximum Gasteiger partial charge on any atom is 0.330 e. The van der Waals surface area contributed by atoms with E-state index in [0.717, 1.165) is 5.39 Å². The lowest BCUT2D eigenvalue weighted by Gasteiger charge is -2.04. The van der Waals surface area contributed by atoms with Crippen molar-refractivity contribution in [3.05, 3.63) is 35.0 Å². The molecular formula is C15H12ClNO4. The van der Waals surface area contributed by atoms with Crippen LogP contribution in [0.2, 0.25) is 5.15 Å². The van der Waals surface area contributed by atoms with Crippen LogP contribution in [0.4, 0.5) is 0 Å². The Balaban J connectivity index is 1.98. The molecular weight excluding hydrogens is 294 g/mol. The van der Waals surface area contributed by atoms with Gasteiger partial charge in [0, 0.05) is 23.1 Å². The van der Waals surface area contributed by atoms with Gasteiger partial charge >= 0.3 is 5.97 Å². The smallest absolute Gasteiger partial charge is 0.330 e. The van der Waals surface area contributed by atoms with E-state index < -0.39 is 5.97 Å². The molecule has 0 bridgehead atoms. The van der Waals surface area contributed by atoms with Crippen molar-refractivity contribution in [2.75, 3.05) is 13.4 Å². The summed E-state index contributed by atoms with van der Waals surface area (Å²) >= 11 is 6.13. The summed E-state index contributed by atoms with van der Waals surface area (Å²) in [6.45, 7) is 2.28. The van der Waals surface area contributed by atoms with Crippen molar-refractivity contribution >= 4 is 34.5 Å². The van der Waals surface area contributed by atoms with Crippen LogP contribution in [0.5, 0.6) is 11.5 Å². The van der Waals surface area contributed by atoms with Crippen molar-refractivity contribution in [2.24, 2.45) is 0 Å². The quantitative estimate of drug-likeness (QED) is 0.495. The summed E-state index contributed by atoms with van der Waals surface area (Å²) in [5.41, 5.74) is 1.34. The minimum atomic E-state index is -0.417. The predicted octanol–water partition coefficient (Wildman–Crippen LogP) is 3.19. The molecule has 0 radical (unpaired) electrons. The van der Waals surface area contributed by atoms with Crippen LogP contribution in [0.15, 0.2) is 24.3 Å². The fourth-order valence-corrected chi connectivity index (χ4v) is 2.23. The fraction of sp³-hybridized carbons (Fsp3) is 0.200. The first-order chi connectivity index (χ1) is 10.2. The molecule has 1 aliphatic heterocycles. The van der Waals surface area contributed by atoms with Gasteiger partial charge in [0.1, 0.15) is 5.15 Å². The van der Waals surface area contributed by atoms with Gasteiger partial charge < -0.3 is 14.2 Å². The third-order valence-corrected chi connectivity index (χ3v) is 3.28. The van der Waals surface area contributed by atoms with Crippen LogP contribution in [-0.4, -0.2) is 24.4 Å². The van der Waals surface area contributed by atoms with Crippen LogP contribution < -0.4 is 9.47 Å². The van der Waals surface area contributed by atoms with E-state index in [1.165, 1.54) is 6.08 Å². The van der Waals surface area contributed by atoms with Crippen LogP contribution in [0.25, 0.3) is 17.0 Å². The van der Waals surface area contributed by atoms with Gasteiger partial charge in [-0.1, -0.05) is 11.6 Å². The second-order valence-corrected chi connectivity index (χ2v) is 4.71. The molecule has 0 N–H and O–H groups in total. The molecule has 5 nitrogen and oxygen atoms in total. The number of halogens is 1. The number of fused-ring (bicyclic) bond motifs is 2. The predicted molar refractivity (Wildman–Crippen MR) is 78.5 cm³/mol. The van der Waals surface area contributed by atoms with E-state index in [-0.39, 0.29) is 6.79 Å². The van der Waals surface area contributed by atoms with Crippen LogP contribution in [0, 0.1) is 0 Å². The number of aromatic nitrogens is 1. The molecule has 0 fully saturated rings. The second kappa shape index (κ2) is 5.61. The first kappa shape index (κ1) is 13.7. The van der Waals surface area contributed by atoms with Crippen molar-refractivity contribution in [1.82, 2.24) is 4.98 Å². The topological polar surface area (TPSA) is 57.7 Å². The highest BCUT2D eigenvalue weighted by molar-refractivity contribution is 6.31. The molecule has 2 heterocycles. The first-order valence-corrected chi connectivity index (χ1v) is 6.80. The van der Waals surface area contributed by atoms with Crippen LogP contribution >= 0.6 is 11.6 Å². The Morgan fingerprint density at radius 3 is 2.90 bits per heavy atom. The van der Waals surface area contributed by atoms with Crippen molar-refractivity contribution in [2.45, 2.75) is 6.92 Å². The van der Waals surface area contributed by atoms with Gasteiger partial charge in [-0.15, -0.1) is 0 Å². The molecule has 3 rings (SSSR count). The van der Waals surface area contributed by atoms with E-state index in [2.05, 4.69) is 4.98 Å². The Morgan fingerprint density at radius 1 is 1.38 bits per heavy atom. The van der Waals surface area contributed by atoms with Crippen LogP contribution in [0.1, 0.15) is 12.5 Å². The summed E-state index contributed by atoms with van der Waals surface area (Å²) in [6, 6.07) is 5.45. The number of hydrogen-bond donors (Lipinski definition) is 0. The van der Waals surface area contributed by atoms with Gasteiger partial charge in [-0.2, -0.15) is 0 Å². The number of esters is 1. The minimum Gasteiger partial charge on any atom is -0.463 e. The number of carbonyl (C=O) groups is 1. The van der Waals surface area contributed by atoms with Gasteiger partial charge in [-0.05, 0) is 25.1 Å². The number of nitrogens with zero attached hydrogens (tertiary/aromatic N) is 1. The number of hydrogen-bond acceptors (Lipinski definition) is 5. The normalized spacial score (nSPS) is 13.0. The first-order valence-electron chi connectivity index (χ1n) is 6.42. The van der Waals surface area contributed by atoms with Gasteiger partial charge in [0.15, 0.2) is 11.5 Å². The Hall–Kier alpha value is -2.27. The summed E-state index contributed by atoms with van der Waals surface area (Å²) in [4.78, 5) is 15.6. The van der Waals surface area contributed by atoms with Gasteiger partial charge in [0.25, 0.3) is 0 Å². The maximum atomic E-state index is 11.3. The summed E-state index contributed by atoms with van der Waals surface area (Å²) in [5, 5.41) is 1.16. The zero-order valence-corrected chi connectivity index (χ0v) is 12.0. The largest absolute Gasteiger partial charge is 0.463 e. The summed E-state index contributed by atoms with van der Waals surface area (Å²) in [7, 11) is 0. The standard InChI is InChI=1S/C15H12ClNO4/c1-2-19-14(18)4-3-9-5-10-6-12-13(21-8-20-12)7-11(10)17-15(9)16/h3-7H,2,8H2,1H3/b4-3+. The molecule has 0 saturated carbocycles. The molecule has 1 aromatic carbocycles. The zero-order chi connectivity index (χ0) is 14.8. The molecule has 21 heavy (non-hydrogen) atoms. The van der Waals surface area contributed by atoms with Gasteiger partial charge in [0.2, 0.25) is 6.79 Å². The molecule has 0 atom stereocenters. The summed E-state index contributed by atoms with van der Waals surface area (Å²) in [5.74, 6) is 0.909. The maximum absolute atomic E-state index is 11.3. The Morgan fingerprint density at radius 2 is 2.14 bits per heavy atom. The molecule has 2 aromatic rings. The zero-order valence-electron chi connectivity index (χ0n) is 11.3. The number of ether oxygens (including phenoxy) is 3. The molecule has 0 spiro atoms. The molecule has 0 amide bonds. The molecule has 108 valence electrons. The molecule has 0 unspecified atom stereocenters. The number of rotatable bonds is 3. The summed E-state index contributed by atoms with van der Waals surface area (Å²) < 4.78 is 15.5. The van der Waals surface area contributed by atoms with E-state index in [1.54, 1.807) is 19.1 Å². The third-order valence-electron chi connectivity index (χ3n) is 2.98. The van der Waals surface area contributed by atoms with Crippen molar-refractivity contribution in [1.29, 1.82) is 0 Å². The lowest BCUT2D eigenvalue weighted by atomic mass is 10.1. The highest BCUT2D eigenvalue weighted by Gasteiger charge is 2.15. The second-order valence-electron chi connectivity index (χ2n) is 4.35. The molecule has 0 saturated heterocycles. The number of carbonyl (C=O) groups excluding carboxylic acids is 1. The van der Waals surface area contributed by atoms with Gasteiger partial charge in [-0.25, -0.2) is 9.78 Å². The lowest BCUT2D eigenvalue weighted by Crippen LogP contribution is -1.98. The average molecular weight is 306 g/mol. The van der Waals surface area contributed by atoms with E-state index in [0.29, 0.717) is 34.3 Å². The van der Waals surface area contributed by atoms with Gasteiger partial charge in [-0.3, -0.25) is 0 Å². The minimum absolute atomic E-state index is 0.203. The third kappa shape index (κ3) is 2.78.